The highest BCUT2D eigenvalue weighted by atomic mass is 32.1. The molecule has 0 unspecified atom stereocenters. The Balaban J connectivity index is 2.43. The summed E-state index contributed by atoms with van der Waals surface area (Å²) in [4.78, 5) is 9.05. The molecular weight excluding hydrogens is 172 g/mol. The summed E-state index contributed by atoms with van der Waals surface area (Å²) in [5.41, 5.74) is 0. The van der Waals surface area contributed by atoms with Crippen LogP contribution in [0.25, 0.3) is 10.7 Å². The zero-order valence-electron chi connectivity index (χ0n) is 6.53. The second-order valence-electron chi connectivity index (χ2n) is 2.53. The topological polar surface area (TPSA) is 48.9 Å². The highest BCUT2D eigenvalue weighted by molar-refractivity contribution is 7.15. The van der Waals surface area contributed by atoms with E-state index in [1.165, 1.54) is 11.1 Å². The van der Waals surface area contributed by atoms with Gasteiger partial charge in [-0.2, -0.15) is 0 Å². The Morgan fingerprint density at radius 3 is 2.83 bits per heavy atom. The number of aromatic hydroxyl groups is 1. The molecule has 2 aromatic rings. The van der Waals surface area contributed by atoms with Crippen molar-refractivity contribution in [2.24, 2.45) is 0 Å². The molecule has 0 saturated carbocycles. The Hall–Kier alpha value is -1.29. The summed E-state index contributed by atoms with van der Waals surface area (Å²) in [7, 11) is 0. The third kappa shape index (κ3) is 1.21. The maximum absolute atomic E-state index is 9.01. The number of imidazole rings is 1. The van der Waals surface area contributed by atoms with E-state index in [1.807, 2.05) is 19.1 Å². The van der Waals surface area contributed by atoms with Crippen molar-refractivity contribution in [3.05, 3.63) is 23.2 Å². The number of nitrogens with one attached hydrogen (secondary N) is 1. The van der Waals surface area contributed by atoms with E-state index in [-0.39, 0.29) is 5.88 Å². The van der Waals surface area contributed by atoms with Crippen LogP contribution in [0.5, 0.6) is 5.88 Å². The molecule has 0 aliphatic heterocycles. The molecule has 0 fully saturated rings. The quantitative estimate of drug-likeness (QED) is 0.706. The van der Waals surface area contributed by atoms with E-state index >= 15 is 0 Å². The first kappa shape index (κ1) is 7.36. The number of hydrogen-bond donors (Lipinski definition) is 2. The zero-order valence-corrected chi connectivity index (χ0v) is 7.35. The van der Waals surface area contributed by atoms with E-state index in [4.69, 9.17) is 5.11 Å². The molecule has 0 atom stereocenters. The van der Waals surface area contributed by atoms with Gasteiger partial charge >= 0.3 is 0 Å². The van der Waals surface area contributed by atoms with Crippen molar-refractivity contribution in [3.63, 3.8) is 0 Å². The molecule has 12 heavy (non-hydrogen) atoms. The van der Waals surface area contributed by atoms with Crippen molar-refractivity contribution in [3.8, 4) is 16.6 Å². The normalized spacial score (nSPS) is 10.4. The van der Waals surface area contributed by atoms with E-state index < -0.39 is 0 Å². The first-order valence-corrected chi connectivity index (χ1v) is 4.38. The number of rotatable bonds is 1. The molecule has 0 spiro atoms. The molecule has 3 nitrogen and oxygen atoms in total. The number of aromatic amines is 1. The van der Waals surface area contributed by atoms with Gasteiger partial charge < -0.3 is 10.1 Å². The van der Waals surface area contributed by atoms with Gasteiger partial charge in [0.05, 0.1) is 11.1 Å². The first-order valence-electron chi connectivity index (χ1n) is 3.56. The van der Waals surface area contributed by atoms with Crippen LogP contribution in [0.15, 0.2) is 18.3 Å². The lowest BCUT2D eigenvalue weighted by molar-refractivity contribution is 0.457. The highest BCUT2D eigenvalue weighted by Crippen LogP contribution is 2.25. The summed E-state index contributed by atoms with van der Waals surface area (Å²) >= 11 is 1.65. The van der Waals surface area contributed by atoms with E-state index in [1.54, 1.807) is 11.3 Å². The molecule has 2 aromatic heterocycles. The SMILES string of the molecule is Cc1ccc(-c2ncc(O)[nH]2)s1. The van der Waals surface area contributed by atoms with Crippen LogP contribution in [0, 0.1) is 6.92 Å². The minimum Gasteiger partial charge on any atom is -0.493 e. The fourth-order valence-corrected chi connectivity index (χ4v) is 1.82. The molecule has 4 heteroatoms. The van der Waals surface area contributed by atoms with Gasteiger partial charge in [-0.25, -0.2) is 4.98 Å². The van der Waals surface area contributed by atoms with Crippen LogP contribution in [0.2, 0.25) is 0 Å². The zero-order chi connectivity index (χ0) is 8.55. The van der Waals surface area contributed by atoms with Gasteiger partial charge in [0.1, 0.15) is 5.82 Å². The van der Waals surface area contributed by atoms with Gasteiger partial charge in [0.2, 0.25) is 5.88 Å². The van der Waals surface area contributed by atoms with Crippen molar-refractivity contribution in [1.29, 1.82) is 0 Å². The lowest BCUT2D eigenvalue weighted by Gasteiger charge is -1.86. The summed E-state index contributed by atoms with van der Waals surface area (Å²) in [5.74, 6) is 0.835. The predicted molar refractivity (Wildman–Crippen MR) is 48.3 cm³/mol. The summed E-state index contributed by atoms with van der Waals surface area (Å²) in [6, 6.07) is 4.01. The molecule has 2 rings (SSSR count). The van der Waals surface area contributed by atoms with Gasteiger partial charge in [0, 0.05) is 4.88 Å². The van der Waals surface area contributed by atoms with Crippen molar-refractivity contribution < 1.29 is 5.11 Å². The summed E-state index contributed by atoms with van der Waals surface area (Å²) in [6.45, 7) is 2.04. The molecule has 0 aliphatic carbocycles. The van der Waals surface area contributed by atoms with Gasteiger partial charge in [-0.15, -0.1) is 11.3 Å². The monoisotopic (exact) mass is 180 g/mol. The molecule has 0 aromatic carbocycles. The fraction of sp³-hybridized carbons (Fsp3) is 0.125. The number of H-pyrrole nitrogens is 1. The number of hydrogen-bond acceptors (Lipinski definition) is 3. The average Bonchev–Trinajstić information content (AvgIpc) is 2.58. The van der Waals surface area contributed by atoms with Crippen molar-refractivity contribution in [2.45, 2.75) is 6.92 Å². The number of thiophene rings is 1. The third-order valence-corrected chi connectivity index (χ3v) is 2.54. The molecule has 62 valence electrons. The molecule has 0 amide bonds. The Bertz CT molecular complexity index is 353. The highest BCUT2D eigenvalue weighted by Gasteiger charge is 2.03. The largest absolute Gasteiger partial charge is 0.493 e. The minimum atomic E-state index is 0.107. The Morgan fingerprint density at radius 1 is 1.50 bits per heavy atom. The van der Waals surface area contributed by atoms with Crippen molar-refractivity contribution in [1.82, 2.24) is 9.97 Å². The van der Waals surface area contributed by atoms with Gasteiger partial charge in [0.25, 0.3) is 0 Å². The van der Waals surface area contributed by atoms with Crippen LogP contribution >= 0.6 is 11.3 Å². The lowest BCUT2D eigenvalue weighted by Crippen LogP contribution is -1.72. The van der Waals surface area contributed by atoms with E-state index in [0.29, 0.717) is 0 Å². The lowest BCUT2D eigenvalue weighted by atomic mass is 10.4. The van der Waals surface area contributed by atoms with E-state index in [9.17, 15) is 0 Å². The summed E-state index contributed by atoms with van der Waals surface area (Å²) < 4.78 is 0. The molecule has 0 bridgehead atoms. The number of aromatic nitrogens is 2. The van der Waals surface area contributed by atoms with Crippen LogP contribution < -0.4 is 0 Å². The minimum absolute atomic E-state index is 0.107. The molecule has 2 N–H and O–H groups in total. The second kappa shape index (κ2) is 2.64. The summed E-state index contributed by atoms with van der Waals surface area (Å²) in [6.07, 6.45) is 1.41. The molecular formula is C8H8N2OS. The number of nitrogens with zero attached hydrogens (tertiary/aromatic N) is 1. The van der Waals surface area contributed by atoms with Crippen LogP contribution in [-0.2, 0) is 0 Å². The average molecular weight is 180 g/mol. The maximum atomic E-state index is 9.01. The standard InChI is InChI=1S/C8H8N2OS/c1-5-2-3-6(12-5)8-9-4-7(11)10-8/h2-4,11H,1H3,(H,9,10). The molecule has 0 aliphatic rings. The van der Waals surface area contributed by atoms with E-state index in [2.05, 4.69) is 9.97 Å². The van der Waals surface area contributed by atoms with Crippen LogP contribution in [0.3, 0.4) is 0 Å². The maximum Gasteiger partial charge on any atom is 0.208 e. The van der Waals surface area contributed by atoms with Crippen molar-refractivity contribution >= 4 is 11.3 Å². The van der Waals surface area contributed by atoms with Crippen LogP contribution in [0.4, 0.5) is 0 Å². The van der Waals surface area contributed by atoms with Gasteiger partial charge in [-0.1, -0.05) is 0 Å². The van der Waals surface area contributed by atoms with Gasteiger partial charge in [0.15, 0.2) is 0 Å². The second-order valence-corrected chi connectivity index (χ2v) is 3.82. The Labute approximate surface area is 73.7 Å². The Morgan fingerprint density at radius 2 is 2.33 bits per heavy atom. The fourth-order valence-electron chi connectivity index (χ4n) is 0.999. The third-order valence-electron chi connectivity index (χ3n) is 1.54. The van der Waals surface area contributed by atoms with Gasteiger partial charge in [-0.3, -0.25) is 0 Å². The molecule has 0 radical (unpaired) electrons. The molecule has 2 heterocycles. The van der Waals surface area contributed by atoms with Crippen molar-refractivity contribution in [2.75, 3.05) is 0 Å². The molecule has 0 saturated heterocycles. The number of aryl methyl sites for hydroxylation is 1. The van der Waals surface area contributed by atoms with Gasteiger partial charge in [-0.05, 0) is 19.1 Å². The Kier molecular flexibility index (Phi) is 1.62. The smallest absolute Gasteiger partial charge is 0.208 e. The van der Waals surface area contributed by atoms with E-state index in [0.717, 1.165) is 10.7 Å². The first-order chi connectivity index (χ1) is 5.75. The van der Waals surface area contributed by atoms with Crippen LogP contribution in [-0.4, -0.2) is 15.1 Å². The van der Waals surface area contributed by atoms with Crippen LogP contribution in [0.1, 0.15) is 4.88 Å². The summed E-state index contributed by atoms with van der Waals surface area (Å²) in [5, 5.41) is 9.01. The predicted octanol–water partition coefficient (Wildman–Crippen LogP) is 2.15.